The van der Waals surface area contributed by atoms with Crippen LogP contribution in [0.4, 0.5) is 5.69 Å². The number of hydrogen-bond donors (Lipinski definition) is 1. The van der Waals surface area contributed by atoms with Gasteiger partial charge in [0.15, 0.2) is 0 Å². The molecule has 0 spiro atoms. The predicted octanol–water partition coefficient (Wildman–Crippen LogP) is 2.48. The van der Waals surface area contributed by atoms with Crippen LogP contribution in [-0.2, 0) is 33.6 Å². The number of amides is 2. The van der Waals surface area contributed by atoms with Crippen molar-refractivity contribution in [3.05, 3.63) is 70.6 Å². The van der Waals surface area contributed by atoms with Gasteiger partial charge in [-0.05, 0) is 60.6 Å². The average Bonchev–Trinajstić information content (AvgIpc) is 2.92. The van der Waals surface area contributed by atoms with Crippen molar-refractivity contribution in [2.24, 2.45) is 5.73 Å². The van der Waals surface area contributed by atoms with Crippen LogP contribution in [0.5, 0.6) is 0 Å². The molecule has 2 aromatic carbocycles. The standard InChI is InChI=1S/C28H34ClN4O3/c29-22-8-4-20(5-9-22)6-11-27(34)33-13-12-32(19-26(33)28(30)35)25-3-1-2-21-7-10-23(18-24(21)25)31-14-16-36-17-15-31/h1-5,8-9,11,23,26H,6-7,10,12-19H2,(H2,30,35). The lowest BCUT2D eigenvalue weighted by atomic mass is 9.85. The molecule has 2 heterocycles. The lowest BCUT2D eigenvalue weighted by molar-refractivity contribution is -0.137. The molecule has 2 aliphatic heterocycles. The van der Waals surface area contributed by atoms with Gasteiger partial charge in [-0.1, -0.05) is 35.9 Å². The lowest BCUT2D eigenvalue weighted by Crippen LogP contribution is -2.60. The second-order valence-electron chi connectivity index (χ2n) is 9.89. The number of benzene rings is 2. The fourth-order valence-electron chi connectivity index (χ4n) is 5.75. The molecular formula is C28H34ClN4O3. The Balaban J connectivity index is 1.28. The topological polar surface area (TPSA) is 79.1 Å². The number of aryl methyl sites for hydroxylation is 1. The monoisotopic (exact) mass is 509 g/mol. The van der Waals surface area contributed by atoms with Crippen LogP contribution in [0.15, 0.2) is 42.5 Å². The summed E-state index contributed by atoms with van der Waals surface area (Å²) in [5.74, 6) is -0.625. The van der Waals surface area contributed by atoms with E-state index in [1.165, 1.54) is 16.8 Å². The predicted molar refractivity (Wildman–Crippen MR) is 141 cm³/mol. The minimum absolute atomic E-state index is 0.157. The minimum Gasteiger partial charge on any atom is -0.379 e. The molecule has 5 rings (SSSR count). The maximum absolute atomic E-state index is 13.0. The van der Waals surface area contributed by atoms with Crippen molar-refractivity contribution < 1.29 is 14.3 Å². The van der Waals surface area contributed by atoms with Gasteiger partial charge in [0, 0.05) is 49.5 Å². The number of nitrogens with two attached hydrogens (primary N) is 1. The Kier molecular flexibility index (Phi) is 7.79. The van der Waals surface area contributed by atoms with Crippen molar-refractivity contribution in [2.75, 3.05) is 50.8 Å². The van der Waals surface area contributed by atoms with Gasteiger partial charge in [0.1, 0.15) is 6.04 Å². The SMILES string of the molecule is NC(=O)C1CN(c2cccc3c2CC(N2CCOCC2)CC3)CCN1C(=O)[CH]Cc1ccc(Cl)cc1. The quantitative estimate of drug-likeness (QED) is 0.647. The van der Waals surface area contributed by atoms with E-state index in [2.05, 4.69) is 28.0 Å². The van der Waals surface area contributed by atoms with E-state index >= 15 is 0 Å². The highest BCUT2D eigenvalue weighted by molar-refractivity contribution is 6.30. The maximum atomic E-state index is 13.0. The highest BCUT2D eigenvalue weighted by Crippen LogP contribution is 2.34. The number of morpholine rings is 1. The molecule has 3 aliphatic rings. The van der Waals surface area contributed by atoms with E-state index in [0.717, 1.165) is 51.1 Å². The van der Waals surface area contributed by atoms with Crippen LogP contribution >= 0.6 is 11.6 Å². The van der Waals surface area contributed by atoms with Crippen molar-refractivity contribution >= 4 is 29.1 Å². The fraction of sp³-hybridized carbons (Fsp3) is 0.464. The minimum atomic E-state index is -0.665. The molecule has 2 amide bonds. The van der Waals surface area contributed by atoms with Crippen LogP contribution in [0.2, 0.25) is 5.02 Å². The van der Waals surface area contributed by atoms with Gasteiger partial charge >= 0.3 is 0 Å². The molecule has 0 bridgehead atoms. The van der Waals surface area contributed by atoms with Gasteiger partial charge in [-0.15, -0.1) is 0 Å². The molecule has 2 unspecified atom stereocenters. The zero-order valence-electron chi connectivity index (χ0n) is 20.6. The molecule has 7 nitrogen and oxygen atoms in total. The zero-order chi connectivity index (χ0) is 25.1. The number of halogens is 1. The number of fused-ring (bicyclic) bond motifs is 1. The van der Waals surface area contributed by atoms with Gasteiger partial charge in [-0.3, -0.25) is 14.5 Å². The van der Waals surface area contributed by atoms with E-state index in [0.29, 0.717) is 37.1 Å². The summed E-state index contributed by atoms with van der Waals surface area (Å²) in [5, 5.41) is 0.661. The van der Waals surface area contributed by atoms with E-state index < -0.39 is 11.9 Å². The van der Waals surface area contributed by atoms with Crippen molar-refractivity contribution in [1.82, 2.24) is 9.80 Å². The van der Waals surface area contributed by atoms with Crippen LogP contribution in [0.3, 0.4) is 0 Å². The van der Waals surface area contributed by atoms with Crippen molar-refractivity contribution in [3.63, 3.8) is 0 Å². The number of carbonyl (C=O) groups is 2. The average molecular weight is 510 g/mol. The van der Waals surface area contributed by atoms with Gasteiger partial charge in [0.25, 0.3) is 0 Å². The molecule has 0 aromatic heterocycles. The van der Waals surface area contributed by atoms with Crippen LogP contribution < -0.4 is 10.6 Å². The van der Waals surface area contributed by atoms with Gasteiger partial charge < -0.3 is 20.3 Å². The Morgan fingerprint density at radius 3 is 2.58 bits per heavy atom. The maximum Gasteiger partial charge on any atom is 0.242 e. The molecule has 8 heteroatoms. The Morgan fingerprint density at radius 1 is 1.06 bits per heavy atom. The first kappa shape index (κ1) is 25.1. The fourth-order valence-corrected chi connectivity index (χ4v) is 5.88. The van der Waals surface area contributed by atoms with Gasteiger partial charge in [-0.2, -0.15) is 0 Å². The van der Waals surface area contributed by atoms with Crippen molar-refractivity contribution in [2.45, 2.75) is 37.8 Å². The highest BCUT2D eigenvalue weighted by atomic mass is 35.5. The molecule has 2 fully saturated rings. The summed E-state index contributed by atoms with van der Waals surface area (Å²) in [6, 6.07) is 13.8. The number of carbonyl (C=O) groups excluding carboxylic acids is 2. The van der Waals surface area contributed by atoms with E-state index in [-0.39, 0.29) is 5.91 Å². The molecule has 2 aromatic rings. The van der Waals surface area contributed by atoms with E-state index in [1.807, 2.05) is 24.3 Å². The summed E-state index contributed by atoms with van der Waals surface area (Å²) < 4.78 is 5.56. The summed E-state index contributed by atoms with van der Waals surface area (Å²) in [6.07, 6.45) is 5.33. The largest absolute Gasteiger partial charge is 0.379 e. The molecule has 36 heavy (non-hydrogen) atoms. The van der Waals surface area contributed by atoms with E-state index in [4.69, 9.17) is 22.1 Å². The number of nitrogens with zero attached hydrogens (tertiary/aromatic N) is 3. The second kappa shape index (κ2) is 11.2. The molecule has 2 atom stereocenters. The third-order valence-electron chi connectivity index (χ3n) is 7.76. The van der Waals surface area contributed by atoms with Crippen molar-refractivity contribution in [1.29, 1.82) is 0 Å². The first-order valence-electron chi connectivity index (χ1n) is 12.8. The first-order valence-corrected chi connectivity index (χ1v) is 13.2. The van der Waals surface area contributed by atoms with E-state index in [9.17, 15) is 9.59 Å². The van der Waals surface area contributed by atoms with Crippen LogP contribution in [0, 0.1) is 6.42 Å². The first-order chi connectivity index (χ1) is 17.5. The number of anilines is 1. The third-order valence-corrected chi connectivity index (χ3v) is 8.01. The summed E-state index contributed by atoms with van der Waals surface area (Å²) in [4.78, 5) is 31.9. The summed E-state index contributed by atoms with van der Waals surface area (Å²) in [7, 11) is 0. The van der Waals surface area contributed by atoms with Crippen LogP contribution in [-0.4, -0.2) is 79.6 Å². The second-order valence-corrected chi connectivity index (χ2v) is 10.3. The normalized spacial score (nSPS) is 22.8. The highest BCUT2D eigenvalue weighted by Gasteiger charge is 2.36. The van der Waals surface area contributed by atoms with Gasteiger partial charge in [-0.25, -0.2) is 0 Å². The Morgan fingerprint density at radius 2 is 1.83 bits per heavy atom. The summed E-state index contributed by atoms with van der Waals surface area (Å²) in [5.41, 5.74) is 10.7. The molecule has 2 saturated heterocycles. The molecule has 1 aliphatic carbocycles. The molecule has 0 saturated carbocycles. The molecular weight excluding hydrogens is 476 g/mol. The number of piperazine rings is 1. The van der Waals surface area contributed by atoms with Crippen molar-refractivity contribution in [3.8, 4) is 0 Å². The number of hydrogen-bond acceptors (Lipinski definition) is 5. The molecule has 191 valence electrons. The Labute approximate surface area is 218 Å². The molecule has 2 N–H and O–H groups in total. The summed E-state index contributed by atoms with van der Waals surface area (Å²) >= 11 is 5.96. The van der Waals surface area contributed by atoms with Crippen LogP contribution in [0.1, 0.15) is 23.1 Å². The van der Waals surface area contributed by atoms with Gasteiger partial charge in [0.2, 0.25) is 11.8 Å². The molecule has 1 radical (unpaired) electrons. The smallest absolute Gasteiger partial charge is 0.242 e. The van der Waals surface area contributed by atoms with Gasteiger partial charge in [0.05, 0.1) is 19.6 Å². The third kappa shape index (κ3) is 5.53. The number of primary amides is 1. The zero-order valence-corrected chi connectivity index (χ0v) is 21.3. The Bertz CT molecular complexity index is 1090. The van der Waals surface area contributed by atoms with E-state index in [1.54, 1.807) is 11.3 Å². The summed E-state index contributed by atoms with van der Waals surface area (Å²) in [6.45, 7) is 5.11. The van der Waals surface area contributed by atoms with Crippen LogP contribution in [0.25, 0.3) is 0 Å². The number of rotatable bonds is 6. The Hall–Kier alpha value is -2.61. The number of ether oxygens (including phenoxy) is 1. The lowest BCUT2D eigenvalue weighted by Gasteiger charge is -2.43.